The molecule has 0 radical (unpaired) electrons. The number of H-pyrrole nitrogens is 1. The maximum atomic E-state index is 9.43. The van der Waals surface area contributed by atoms with Crippen molar-refractivity contribution in [3.05, 3.63) is 83.8 Å². The van der Waals surface area contributed by atoms with Crippen molar-refractivity contribution in [2.75, 3.05) is 0 Å². The molecule has 0 aliphatic rings. The Morgan fingerprint density at radius 2 is 1.54 bits per heavy atom. The van der Waals surface area contributed by atoms with Gasteiger partial charge >= 0.3 is 0 Å². The van der Waals surface area contributed by atoms with Crippen LogP contribution in [0.2, 0.25) is 0 Å². The number of nitrogens with one attached hydrogen (secondary N) is 1. The summed E-state index contributed by atoms with van der Waals surface area (Å²) in [6, 6.07) is 21.3. The number of hydrogen-bond acceptors (Lipinski definition) is 4. The van der Waals surface area contributed by atoms with E-state index in [0.717, 1.165) is 39.2 Å². The molecule has 2 heterocycles. The van der Waals surface area contributed by atoms with Crippen LogP contribution in [0.15, 0.2) is 67.0 Å². The van der Waals surface area contributed by atoms with Gasteiger partial charge in [0, 0.05) is 29.2 Å². The largest absolute Gasteiger partial charge is 0.282 e. The highest BCUT2D eigenvalue weighted by molar-refractivity contribution is 5.83. The highest BCUT2D eigenvalue weighted by Gasteiger charge is 2.15. The lowest BCUT2D eigenvalue weighted by molar-refractivity contribution is 1.05. The third-order valence-electron chi connectivity index (χ3n) is 4.65. The molecule has 132 valence electrons. The molecule has 0 fully saturated rings. The minimum atomic E-state index is 0.480. The van der Waals surface area contributed by atoms with Crippen molar-refractivity contribution in [1.29, 1.82) is 10.5 Å². The Labute approximate surface area is 162 Å². The zero-order valence-corrected chi connectivity index (χ0v) is 15.1. The number of pyridine rings is 1. The van der Waals surface area contributed by atoms with Crippen LogP contribution in [0.1, 0.15) is 16.8 Å². The number of hydrogen-bond donors (Lipinski definition) is 1. The standard InChI is InChI=1S/C23H15N5/c1-15-22(23(28-27-15)19-8-10-26-11-9-19)18-5-3-17(4-6-18)21-7-2-16(13-24)12-20(21)14-25/h2-12H,1H3,(H,27,28). The van der Waals surface area contributed by atoms with E-state index in [-0.39, 0.29) is 0 Å². The van der Waals surface area contributed by atoms with Crippen LogP contribution in [-0.2, 0) is 0 Å². The van der Waals surface area contributed by atoms with Gasteiger partial charge in [0.2, 0.25) is 0 Å². The van der Waals surface area contributed by atoms with E-state index in [2.05, 4.69) is 27.3 Å². The van der Waals surface area contributed by atoms with Gasteiger partial charge in [-0.25, -0.2) is 0 Å². The lowest BCUT2D eigenvalue weighted by Gasteiger charge is -2.08. The first kappa shape index (κ1) is 17.2. The Morgan fingerprint density at radius 1 is 0.821 bits per heavy atom. The molecule has 5 heteroatoms. The monoisotopic (exact) mass is 361 g/mol. The number of aromatic nitrogens is 3. The molecule has 4 rings (SSSR count). The van der Waals surface area contributed by atoms with E-state index in [1.54, 1.807) is 24.5 Å². The number of aryl methyl sites for hydroxylation is 1. The second kappa shape index (κ2) is 7.19. The van der Waals surface area contributed by atoms with Crippen molar-refractivity contribution >= 4 is 0 Å². The van der Waals surface area contributed by atoms with Crippen LogP contribution in [0.4, 0.5) is 0 Å². The van der Waals surface area contributed by atoms with Gasteiger partial charge in [-0.1, -0.05) is 30.3 Å². The molecule has 0 amide bonds. The molecule has 0 bridgehead atoms. The first-order valence-corrected chi connectivity index (χ1v) is 8.71. The quantitative estimate of drug-likeness (QED) is 0.564. The van der Waals surface area contributed by atoms with Crippen molar-refractivity contribution in [3.63, 3.8) is 0 Å². The van der Waals surface area contributed by atoms with Gasteiger partial charge in [-0.15, -0.1) is 0 Å². The first-order chi connectivity index (χ1) is 13.7. The van der Waals surface area contributed by atoms with Crippen LogP contribution < -0.4 is 0 Å². The van der Waals surface area contributed by atoms with E-state index in [4.69, 9.17) is 5.26 Å². The Kier molecular flexibility index (Phi) is 4.42. The maximum Gasteiger partial charge on any atom is 0.100 e. The van der Waals surface area contributed by atoms with Gasteiger partial charge in [-0.2, -0.15) is 15.6 Å². The number of nitrogens with zero attached hydrogens (tertiary/aromatic N) is 4. The van der Waals surface area contributed by atoms with Crippen LogP contribution in [0, 0.1) is 29.6 Å². The normalized spacial score (nSPS) is 10.2. The highest BCUT2D eigenvalue weighted by Crippen LogP contribution is 2.34. The van der Waals surface area contributed by atoms with Gasteiger partial charge in [0.05, 0.1) is 23.3 Å². The predicted molar refractivity (Wildman–Crippen MR) is 107 cm³/mol. The molecule has 0 aliphatic heterocycles. The summed E-state index contributed by atoms with van der Waals surface area (Å²) in [5, 5.41) is 26.0. The minimum absolute atomic E-state index is 0.480. The second-order valence-corrected chi connectivity index (χ2v) is 6.37. The summed E-state index contributed by atoms with van der Waals surface area (Å²) in [6.07, 6.45) is 3.50. The molecule has 0 unspecified atom stereocenters. The van der Waals surface area contributed by atoms with Gasteiger partial charge in [0.25, 0.3) is 0 Å². The van der Waals surface area contributed by atoms with Crippen LogP contribution >= 0.6 is 0 Å². The minimum Gasteiger partial charge on any atom is -0.282 e. The van der Waals surface area contributed by atoms with Gasteiger partial charge in [-0.05, 0) is 47.9 Å². The lowest BCUT2D eigenvalue weighted by atomic mass is 9.95. The topological polar surface area (TPSA) is 89.2 Å². The molecule has 2 aromatic carbocycles. The Balaban J connectivity index is 1.76. The van der Waals surface area contributed by atoms with Crippen molar-refractivity contribution in [1.82, 2.24) is 15.2 Å². The molecule has 1 N–H and O–H groups in total. The zero-order chi connectivity index (χ0) is 19.5. The molecule has 4 aromatic rings. The molecule has 0 atom stereocenters. The molecule has 5 nitrogen and oxygen atoms in total. The van der Waals surface area contributed by atoms with Gasteiger partial charge in [0.15, 0.2) is 0 Å². The fourth-order valence-corrected chi connectivity index (χ4v) is 3.28. The number of aromatic amines is 1. The third kappa shape index (κ3) is 3.02. The maximum absolute atomic E-state index is 9.43. The first-order valence-electron chi connectivity index (χ1n) is 8.71. The van der Waals surface area contributed by atoms with Crippen molar-refractivity contribution in [3.8, 4) is 45.6 Å². The zero-order valence-electron chi connectivity index (χ0n) is 15.1. The van der Waals surface area contributed by atoms with Crippen LogP contribution in [0.3, 0.4) is 0 Å². The Hall–Kier alpha value is -4.22. The van der Waals surface area contributed by atoms with E-state index < -0.39 is 0 Å². The molecule has 28 heavy (non-hydrogen) atoms. The molecule has 0 aliphatic carbocycles. The average Bonchev–Trinajstić information content (AvgIpc) is 3.15. The fourth-order valence-electron chi connectivity index (χ4n) is 3.28. The van der Waals surface area contributed by atoms with Crippen molar-refractivity contribution < 1.29 is 0 Å². The predicted octanol–water partition coefficient (Wildman–Crippen LogP) is 4.86. The fraction of sp³-hybridized carbons (Fsp3) is 0.0435. The van der Waals surface area contributed by atoms with E-state index >= 15 is 0 Å². The number of benzene rings is 2. The van der Waals surface area contributed by atoms with Crippen molar-refractivity contribution in [2.45, 2.75) is 6.92 Å². The smallest absolute Gasteiger partial charge is 0.100 e. The summed E-state index contributed by atoms with van der Waals surface area (Å²) in [6.45, 7) is 2.00. The van der Waals surface area contributed by atoms with E-state index in [1.165, 1.54) is 0 Å². The van der Waals surface area contributed by atoms with Crippen LogP contribution in [0.25, 0.3) is 33.5 Å². The summed E-state index contributed by atoms with van der Waals surface area (Å²) in [4.78, 5) is 4.07. The Bertz CT molecular complexity index is 1220. The number of nitriles is 2. The highest BCUT2D eigenvalue weighted by atomic mass is 15.1. The summed E-state index contributed by atoms with van der Waals surface area (Å²) >= 11 is 0. The third-order valence-corrected chi connectivity index (χ3v) is 4.65. The summed E-state index contributed by atoms with van der Waals surface area (Å²) in [5.41, 5.74) is 7.64. The van der Waals surface area contributed by atoms with E-state index in [1.807, 2.05) is 49.4 Å². The van der Waals surface area contributed by atoms with Crippen LogP contribution in [-0.4, -0.2) is 15.2 Å². The summed E-state index contributed by atoms with van der Waals surface area (Å²) in [5.74, 6) is 0. The second-order valence-electron chi connectivity index (χ2n) is 6.37. The Morgan fingerprint density at radius 3 is 2.21 bits per heavy atom. The molecule has 0 spiro atoms. The molecular formula is C23H15N5. The molecular weight excluding hydrogens is 346 g/mol. The SMILES string of the molecule is Cc1[nH]nc(-c2ccncc2)c1-c1ccc(-c2ccc(C#N)cc2C#N)cc1. The molecule has 0 saturated carbocycles. The van der Waals surface area contributed by atoms with Crippen LogP contribution in [0.5, 0.6) is 0 Å². The van der Waals surface area contributed by atoms with Gasteiger partial charge in [0.1, 0.15) is 5.69 Å². The van der Waals surface area contributed by atoms with E-state index in [9.17, 15) is 5.26 Å². The van der Waals surface area contributed by atoms with E-state index in [0.29, 0.717) is 11.1 Å². The molecule has 2 aromatic heterocycles. The average molecular weight is 361 g/mol. The summed E-state index contributed by atoms with van der Waals surface area (Å²) < 4.78 is 0. The van der Waals surface area contributed by atoms with Gasteiger partial charge in [-0.3, -0.25) is 10.1 Å². The lowest BCUT2D eigenvalue weighted by Crippen LogP contribution is -1.88. The number of rotatable bonds is 3. The summed E-state index contributed by atoms with van der Waals surface area (Å²) in [7, 11) is 0. The molecule has 0 saturated heterocycles. The van der Waals surface area contributed by atoms with Crippen molar-refractivity contribution in [2.24, 2.45) is 0 Å². The van der Waals surface area contributed by atoms with Gasteiger partial charge < -0.3 is 0 Å².